The van der Waals surface area contributed by atoms with Crippen molar-refractivity contribution >= 4 is 18.2 Å². The average Bonchev–Trinajstić information content (AvgIpc) is 2.84. The van der Waals surface area contributed by atoms with Gasteiger partial charge in [-0.2, -0.15) is 0 Å². The SMILES string of the molecule is Cn1c([C@@H]2CC[C@@H]2B2OC(C)(C)C(C)(C)O2)nc2ccccc21. The molecule has 1 aromatic carbocycles. The van der Waals surface area contributed by atoms with Crippen LogP contribution < -0.4 is 0 Å². The van der Waals surface area contributed by atoms with E-state index in [1.165, 1.54) is 5.52 Å². The number of rotatable bonds is 2. The number of fused-ring (bicyclic) bond motifs is 1. The number of nitrogens with zero attached hydrogens (tertiary/aromatic N) is 2. The molecule has 2 fully saturated rings. The van der Waals surface area contributed by atoms with Crippen molar-refractivity contribution in [2.75, 3.05) is 0 Å². The minimum Gasteiger partial charge on any atom is -0.403 e. The fourth-order valence-electron chi connectivity index (χ4n) is 3.73. The molecule has 0 radical (unpaired) electrons. The lowest BCUT2D eigenvalue weighted by Crippen LogP contribution is -2.41. The van der Waals surface area contributed by atoms with E-state index >= 15 is 0 Å². The largest absolute Gasteiger partial charge is 0.461 e. The van der Waals surface area contributed by atoms with Crippen LogP contribution in [0.4, 0.5) is 0 Å². The molecule has 0 amide bonds. The van der Waals surface area contributed by atoms with Gasteiger partial charge in [0.05, 0.1) is 22.2 Å². The van der Waals surface area contributed by atoms with Gasteiger partial charge >= 0.3 is 7.12 Å². The highest BCUT2D eigenvalue weighted by atomic mass is 16.7. The fourth-order valence-corrected chi connectivity index (χ4v) is 3.73. The van der Waals surface area contributed by atoms with E-state index in [4.69, 9.17) is 14.3 Å². The Morgan fingerprint density at radius 2 is 1.74 bits per heavy atom. The first-order valence-corrected chi connectivity index (χ1v) is 8.57. The Bertz CT molecular complexity index is 737. The molecule has 0 unspecified atom stereocenters. The van der Waals surface area contributed by atoms with E-state index < -0.39 is 0 Å². The number of hydrogen-bond donors (Lipinski definition) is 0. The summed E-state index contributed by atoms with van der Waals surface area (Å²) in [6.07, 6.45) is 2.30. The minimum absolute atomic E-state index is 0.126. The van der Waals surface area contributed by atoms with E-state index in [0.29, 0.717) is 11.7 Å². The van der Waals surface area contributed by atoms with E-state index in [2.05, 4.69) is 57.5 Å². The summed E-state index contributed by atoms with van der Waals surface area (Å²) >= 11 is 0. The smallest absolute Gasteiger partial charge is 0.403 e. The van der Waals surface area contributed by atoms with Crippen LogP contribution in [0.3, 0.4) is 0 Å². The van der Waals surface area contributed by atoms with Crippen molar-refractivity contribution in [2.24, 2.45) is 7.05 Å². The molecule has 1 aromatic heterocycles. The van der Waals surface area contributed by atoms with Crippen LogP contribution in [0.5, 0.6) is 0 Å². The normalized spacial score (nSPS) is 29.0. The molecule has 0 N–H and O–H groups in total. The monoisotopic (exact) mass is 312 g/mol. The summed E-state index contributed by atoms with van der Waals surface area (Å²) in [4.78, 5) is 4.88. The maximum absolute atomic E-state index is 6.27. The van der Waals surface area contributed by atoms with Crippen molar-refractivity contribution in [3.05, 3.63) is 30.1 Å². The molecule has 2 heterocycles. The highest BCUT2D eigenvalue weighted by molar-refractivity contribution is 6.48. The third kappa shape index (κ3) is 2.17. The zero-order valence-corrected chi connectivity index (χ0v) is 14.7. The maximum Gasteiger partial charge on any atom is 0.461 e. The molecular weight excluding hydrogens is 287 g/mol. The van der Waals surface area contributed by atoms with Crippen molar-refractivity contribution in [1.82, 2.24) is 9.55 Å². The fraction of sp³-hybridized carbons (Fsp3) is 0.611. The third-order valence-electron chi connectivity index (χ3n) is 6.10. The number of aryl methyl sites for hydroxylation is 1. The molecule has 1 saturated carbocycles. The molecule has 0 spiro atoms. The quantitative estimate of drug-likeness (QED) is 0.789. The predicted molar refractivity (Wildman–Crippen MR) is 92.5 cm³/mol. The first-order valence-electron chi connectivity index (χ1n) is 8.57. The molecule has 2 atom stereocenters. The standard InChI is InChI=1S/C18H25BN2O2/c1-17(2)18(3,4)23-19(22-17)13-11-10-12(13)16-20-14-8-6-7-9-15(14)21(16)5/h6-9,12-13H,10-11H2,1-5H3/t12-,13+/m1/s1. The topological polar surface area (TPSA) is 36.3 Å². The van der Waals surface area contributed by atoms with Gasteiger partial charge in [-0.3, -0.25) is 0 Å². The van der Waals surface area contributed by atoms with Gasteiger partial charge in [0.1, 0.15) is 5.82 Å². The Kier molecular flexibility index (Phi) is 3.20. The Morgan fingerprint density at radius 3 is 2.30 bits per heavy atom. The summed E-state index contributed by atoms with van der Waals surface area (Å²) in [7, 11) is 1.99. The van der Waals surface area contributed by atoms with E-state index in [-0.39, 0.29) is 18.3 Å². The molecule has 1 aliphatic heterocycles. The molecule has 5 heteroatoms. The lowest BCUT2D eigenvalue weighted by atomic mass is 9.54. The van der Waals surface area contributed by atoms with Crippen molar-refractivity contribution in [3.63, 3.8) is 0 Å². The number of hydrogen-bond acceptors (Lipinski definition) is 3. The maximum atomic E-state index is 6.27. The molecule has 2 aromatic rings. The van der Waals surface area contributed by atoms with Crippen molar-refractivity contribution in [2.45, 2.75) is 63.5 Å². The number of imidazole rings is 1. The summed E-state index contributed by atoms with van der Waals surface area (Å²) in [5, 5.41) is 0. The molecule has 0 bridgehead atoms. The van der Waals surface area contributed by atoms with E-state index in [1.54, 1.807) is 0 Å². The van der Waals surface area contributed by atoms with Gasteiger partial charge in [0.25, 0.3) is 0 Å². The van der Waals surface area contributed by atoms with Crippen LogP contribution >= 0.6 is 0 Å². The Hall–Kier alpha value is -1.33. The molecule has 4 nitrogen and oxygen atoms in total. The van der Waals surface area contributed by atoms with Crippen LogP contribution in [0.25, 0.3) is 11.0 Å². The lowest BCUT2D eigenvalue weighted by Gasteiger charge is -2.37. The average molecular weight is 312 g/mol. The van der Waals surface area contributed by atoms with Crippen LogP contribution in [0.15, 0.2) is 24.3 Å². The number of para-hydroxylation sites is 2. The van der Waals surface area contributed by atoms with Crippen LogP contribution in [0, 0.1) is 0 Å². The van der Waals surface area contributed by atoms with Gasteiger partial charge < -0.3 is 13.9 Å². The molecular formula is C18H25BN2O2. The first kappa shape index (κ1) is 15.2. The van der Waals surface area contributed by atoms with Gasteiger partial charge in [-0.15, -0.1) is 0 Å². The first-order chi connectivity index (χ1) is 10.8. The zero-order chi connectivity index (χ0) is 16.4. The Balaban J connectivity index is 1.62. The molecule has 4 rings (SSSR count). The molecule has 1 saturated heterocycles. The second kappa shape index (κ2) is 4.84. The van der Waals surface area contributed by atoms with Gasteiger partial charge in [0, 0.05) is 18.8 Å². The minimum atomic E-state index is -0.260. The van der Waals surface area contributed by atoms with E-state index in [0.717, 1.165) is 24.2 Å². The molecule has 2 aliphatic rings. The third-order valence-corrected chi connectivity index (χ3v) is 6.10. The van der Waals surface area contributed by atoms with Crippen molar-refractivity contribution < 1.29 is 9.31 Å². The molecule has 1 aliphatic carbocycles. The highest BCUT2D eigenvalue weighted by Gasteiger charge is 2.57. The van der Waals surface area contributed by atoms with Crippen LogP contribution in [-0.2, 0) is 16.4 Å². The van der Waals surface area contributed by atoms with Crippen molar-refractivity contribution in [1.29, 1.82) is 0 Å². The molecule has 23 heavy (non-hydrogen) atoms. The van der Waals surface area contributed by atoms with Gasteiger partial charge in [0.2, 0.25) is 0 Å². The van der Waals surface area contributed by atoms with Crippen LogP contribution in [0.1, 0.15) is 52.3 Å². The van der Waals surface area contributed by atoms with Gasteiger partial charge in [-0.05, 0) is 46.2 Å². The van der Waals surface area contributed by atoms with Gasteiger partial charge in [0.15, 0.2) is 0 Å². The van der Waals surface area contributed by atoms with Gasteiger partial charge in [-0.1, -0.05) is 18.6 Å². The van der Waals surface area contributed by atoms with E-state index in [1.807, 2.05) is 6.07 Å². The summed E-state index contributed by atoms with van der Waals surface area (Å²) in [6, 6.07) is 8.33. The summed E-state index contributed by atoms with van der Waals surface area (Å²) in [5.74, 6) is 1.98. The van der Waals surface area contributed by atoms with Crippen molar-refractivity contribution in [3.8, 4) is 0 Å². The van der Waals surface area contributed by atoms with Crippen LogP contribution in [0.2, 0.25) is 5.82 Å². The summed E-state index contributed by atoms with van der Waals surface area (Å²) in [5.41, 5.74) is 1.75. The number of benzene rings is 1. The second-order valence-corrected chi connectivity index (χ2v) is 7.99. The lowest BCUT2D eigenvalue weighted by molar-refractivity contribution is 0.00578. The van der Waals surface area contributed by atoms with Gasteiger partial charge in [-0.25, -0.2) is 4.98 Å². The highest BCUT2D eigenvalue weighted by Crippen LogP contribution is 2.53. The Labute approximate surface area is 138 Å². The molecule has 122 valence electrons. The summed E-state index contributed by atoms with van der Waals surface area (Å²) < 4.78 is 14.8. The Morgan fingerprint density at radius 1 is 1.09 bits per heavy atom. The second-order valence-electron chi connectivity index (χ2n) is 7.99. The zero-order valence-electron chi connectivity index (χ0n) is 14.7. The predicted octanol–water partition coefficient (Wildman–Crippen LogP) is 3.91. The van der Waals surface area contributed by atoms with E-state index in [9.17, 15) is 0 Å². The number of aromatic nitrogens is 2. The van der Waals surface area contributed by atoms with Crippen LogP contribution in [-0.4, -0.2) is 27.9 Å². The summed E-state index contributed by atoms with van der Waals surface area (Å²) in [6.45, 7) is 8.48.